The molecule has 1 aromatic heterocycles. The van der Waals surface area contributed by atoms with Gasteiger partial charge in [-0.1, -0.05) is 11.2 Å². The van der Waals surface area contributed by atoms with Crippen molar-refractivity contribution in [2.75, 3.05) is 13.9 Å². The van der Waals surface area contributed by atoms with Crippen LogP contribution < -0.4 is 9.47 Å². The Morgan fingerprint density at radius 1 is 1.39 bits per heavy atom. The van der Waals surface area contributed by atoms with E-state index >= 15 is 0 Å². The Balaban J connectivity index is 2.14. The Morgan fingerprint density at radius 2 is 2.28 bits per heavy atom. The average molecular weight is 247 g/mol. The fourth-order valence-corrected chi connectivity index (χ4v) is 1.80. The SMILES string of the molecule is COC(=O)c1cnoc1-c1cccc2c1OCO2. The van der Waals surface area contributed by atoms with Gasteiger partial charge in [-0.3, -0.25) is 0 Å². The van der Waals surface area contributed by atoms with E-state index in [-0.39, 0.29) is 12.4 Å². The molecule has 2 heterocycles. The van der Waals surface area contributed by atoms with Crippen molar-refractivity contribution in [2.45, 2.75) is 0 Å². The summed E-state index contributed by atoms with van der Waals surface area (Å²) in [6.45, 7) is 0.147. The molecule has 3 rings (SSSR count). The van der Waals surface area contributed by atoms with Gasteiger partial charge < -0.3 is 18.7 Å². The molecular formula is C12H9NO5. The maximum atomic E-state index is 11.6. The van der Waals surface area contributed by atoms with Gasteiger partial charge in [0.25, 0.3) is 0 Å². The molecule has 1 aromatic carbocycles. The number of esters is 1. The lowest BCUT2D eigenvalue weighted by Crippen LogP contribution is -2.01. The zero-order valence-corrected chi connectivity index (χ0v) is 9.50. The Bertz CT molecular complexity index is 604. The van der Waals surface area contributed by atoms with Gasteiger partial charge >= 0.3 is 5.97 Å². The molecular weight excluding hydrogens is 238 g/mol. The highest BCUT2D eigenvalue weighted by Crippen LogP contribution is 2.42. The van der Waals surface area contributed by atoms with E-state index in [4.69, 9.17) is 14.0 Å². The van der Waals surface area contributed by atoms with Crippen LogP contribution in [0.5, 0.6) is 11.5 Å². The number of hydrogen-bond donors (Lipinski definition) is 0. The molecule has 2 aromatic rings. The van der Waals surface area contributed by atoms with Crippen LogP contribution in [0.2, 0.25) is 0 Å². The van der Waals surface area contributed by atoms with Gasteiger partial charge in [0.15, 0.2) is 17.3 Å². The number of methoxy groups -OCH3 is 1. The molecule has 0 saturated heterocycles. The number of nitrogens with zero attached hydrogens (tertiary/aromatic N) is 1. The quantitative estimate of drug-likeness (QED) is 0.754. The molecule has 92 valence electrons. The van der Waals surface area contributed by atoms with Crippen molar-refractivity contribution >= 4 is 5.97 Å². The molecule has 6 heteroatoms. The first kappa shape index (κ1) is 10.6. The Hall–Kier alpha value is -2.50. The molecule has 0 aliphatic carbocycles. The zero-order valence-electron chi connectivity index (χ0n) is 9.50. The summed E-state index contributed by atoms with van der Waals surface area (Å²) < 4.78 is 20.4. The van der Waals surface area contributed by atoms with Crippen LogP contribution >= 0.6 is 0 Å². The van der Waals surface area contributed by atoms with Crippen molar-refractivity contribution < 1.29 is 23.5 Å². The van der Waals surface area contributed by atoms with Gasteiger partial charge in [0.2, 0.25) is 6.79 Å². The van der Waals surface area contributed by atoms with Gasteiger partial charge in [0.05, 0.1) is 18.9 Å². The van der Waals surface area contributed by atoms with Gasteiger partial charge in [0.1, 0.15) is 5.56 Å². The third-order valence-electron chi connectivity index (χ3n) is 2.62. The minimum absolute atomic E-state index is 0.147. The van der Waals surface area contributed by atoms with E-state index in [2.05, 4.69) is 9.89 Å². The monoisotopic (exact) mass is 247 g/mol. The number of benzene rings is 1. The second kappa shape index (κ2) is 4.06. The van der Waals surface area contributed by atoms with Crippen molar-refractivity contribution in [1.29, 1.82) is 0 Å². The van der Waals surface area contributed by atoms with Crippen LogP contribution in [0, 0.1) is 0 Å². The fraction of sp³-hybridized carbons (Fsp3) is 0.167. The minimum atomic E-state index is -0.511. The second-order valence-corrected chi connectivity index (χ2v) is 3.60. The Morgan fingerprint density at radius 3 is 3.11 bits per heavy atom. The molecule has 0 N–H and O–H groups in total. The summed E-state index contributed by atoms with van der Waals surface area (Å²) in [5, 5.41) is 3.62. The summed E-state index contributed by atoms with van der Waals surface area (Å²) in [7, 11) is 1.30. The number of carbonyl (C=O) groups is 1. The number of ether oxygens (including phenoxy) is 3. The predicted octanol–water partition coefficient (Wildman–Crippen LogP) is 1.86. The summed E-state index contributed by atoms with van der Waals surface area (Å²) in [6.07, 6.45) is 1.32. The fourth-order valence-electron chi connectivity index (χ4n) is 1.80. The van der Waals surface area contributed by atoms with E-state index in [1.807, 2.05) is 0 Å². The van der Waals surface area contributed by atoms with Gasteiger partial charge in [0, 0.05) is 0 Å². The summed E-state index contributed by atoms with van der Waals surface area (Å²) >= 11 is 0. The highest BCUT2D eigenvalue weighted by Gasteiger charge is 2.25. The molecule has 0 amide bonds. The van der Waals surface area contributed by atoms with Crippen LogP contribution in [0.15, 0.2) is 28.9 Å². The molecule has 0 bridgehead atoms. The Labute approximate surface area is 102 Å². The lowest BCUT2D eigenvalue weighted by atomic mass is 10.1. The highest BCUT2D eigenvalue weighted by molar-refractivity contribution is 5.96. The molecule has 0 atom stereocenters. The van der Waals surface area contributed by atoms with E-state index in [9.17, 15) is 4.79 Å². The third-order valence-corrected chi connectivity index (χ3v) is 2.62. The normalized spacial score (nSPS) is 12.5. The largest absolute Gasteiger partial charge is 0.465 e. The van der Waals surface area contributed by atoms with Crippen molar-refractivity contribution in [3.8, 4) is 22.8 Å². The topological polar surface area (TPSA) is 70.8 Å². The summed E-state index contributed by atoms with van der Waals surface area (Å²) in [5.41, 5.74) is 0.865. The second-order valence-electron chi connectivity index (χ2n) is 3.60. The maximum absolute atomic E-state index is 11.6. The van der Waals surface area contributed by atoms with E-state index in [1.165, 1.54) is 13.3 Å². The molecule has 0 fully saturated rings. The molecule has 0 spiro atoms. The molecule has 1 aliphatic heterocycles. The van der Waals surface area contributed by atoms with Crippen molar-refractivity contribution in [3.63, 3.8) is 0 Å². The minimum Gasteiger partial charge on any atom is -0.465 e. The first-order chi connectivity index (χ1) is 8.81. The molecule has 0 saturated carbocycles. The van der Waals surface area contributed by atoms with Gasteiger partial charge in [-0.25, -0.2) is 4.79 Å². The molecule has 6 nitrogen and oxygen atoms in total. The van der Waals surface area contributed by atoms with Gasteiger partial charge in [-0.05, 0) is 12.1 Å². The zero-order chi connectivity index (χ0) is 12.5. The van der Waals surface area contributed by atoms with Gasteiger partial charge in [-0.15, -0.1) is 0 Å². The van der Waals surface area contributed by atoms with Crippen LogP contribution in [0.3, 0.4) is 0 Å². The van der Waals surface area contributed by atoms with Gasteiger partial charge in [-0.2, -0.15) is 0 Å². The predicted molar refractivity (Wildman–Crippen MR) is 59.4 cm³/mol. The number of hydrogen-bond acceptors (Lipinski definition) is 6. The van der Waals surface area contributed by atoms with Crippen molar-refractivity contribution in [2.24, 2.45) is 0 Å². The molecule has 1 aliphatic rings. The highest BCUT2D eigenvalue weighted by atomic mass is 16.7. The maximum Gasteiger partial charge on any atom is 0.343 e. The number of carbonyl (C=O) groups excluding carboxylic acids is 1. The van der Waals surface area contributed by atoms with Crippen LogP contribution in [0.25, 0.3) is 11.3 Å². The van der Waals surface area contributed by atoms with Crippen LogP contribution in [0.1, 0.15) is 10.4 Å². The first-order valence-corrected chi connectivity index (χ1v) is 5.23. The van der Waals surface area contributed by atoms with Crippen molar-refractivity contribution in [1.82, 2.24) is 5.16 Å². The lowest BCUT2D eigenvalue weighted by molar-refractivity contribution is 0.0601. The van der Waals surface area contributed by atoms with Crippen molar-refractivity contribution in [3.05, 3.63) is 30.0 Å². The van der Waals surface area contributed by atoms with Crippen LogP contribution in [-0.2, 0) is 4.74 Å². The molecule has 18 heavy (non-hydrogen) atoms. The molecule has 0 radical (unpaired) electrons. The average Bonchev–Trinajstić information content (AvgIpc) is 3.05. The van der Waals surface area contributed by atoms with Crippen LogP contribution in [-0.4, -0.2) is 25.0 Å². The number of para-hydroxylation sites is 1. The van der Waals surface area contributed by atoms with E-state index < -0.39 is 5.97 Å². The number of aromatic nitrogens is 1. The smallest absolute Gasteiger partial charge is 0.343 e. The Kier molecular flexibility index (Phi) is 2.40. The van der Waals surface area contributed by atoms with Crippen LogP contribution in [0.4, 0.5) is 0 Å². The summed E-state index contributed by atoms with van der Waals surface area (Å²) in [4.78, 5) is 11.6. The standard InChI is InChI=1S/C12H9NO5/c1-15-12(14)8-5-13-18-10(8)7-3-2-4-9-11(7)17-6-16-9/h2-5H,6H2,1H3. The molecule has 0 unspecified atom stereocenters. The number of fused-ring (bicyclic) bond motifs is 1. The van der Waals surface area contributed by atoms with E-state index in [0.29, 0.717) is 22.8 Å². The van der Waals surface area contributed by atoms with E-state index in [0.717, 1.165) is 0 Å². The lowest BCUT2D eigenvalue weighted by Gasteiger charge is -2.03. The summed E-state index contributed by atoms with van der Waals surface area (Å²) in [6, 6.07) is 5.33. The number of rotatable bonds is 2. The van der Waals surface area contributed by atoms with E-state index in [1.54, 1.807) is 18.2 Å². The first-order valence-electron chi connectivity index (χ1n) is 5.23. The third kappa shape index (κ3) is 1.50. The summed E-state index contributed by atoms with van der Waals surface area (Å²) in [5.74, 6) is 0.950.